The molecule has 1 heterocycles. The summed E-state index contributed by atoms with van der Waals surface area (Å²) in [6.07, 6.45) is 3.29. The van der Waals surface area contributed by atoms with Crippen LogP contribution in [0.3, 0.4) is 0 Å². The van der Waals surface area contributed by atoms with Gasteiger partial charge in [0.15, 0.2) is 0 Å². The normalized spacial score (nSPS) is 18.8. The highest BCUT2D eigenvalue weighted by atomic mass is 35.5. The predicted octanol–water partition coefficient (Wildman–Crippen LogP) is 3.45. The average molecular weight is 311 g/mol. The van der Waals surface area contributed by atoms with Gasteiger partial charge in [0.05, 0.1) is 0 Å². The van der Waals surface area contributed by atoms with E-state index < -0.39 is 0 Å². The maximum atomic E-state index is 12.5. The van der Waals surface area contributed by atoms with Gasteiger partial charge in [-0.2, -0.15) is 0 Å². The van der Waals surface area contributed by atoms with Crippen LogP contribution in [0.4, 0.5) is 0 Å². The zero-order valence-corrected chi connectivity index (χ0v) is 14.1. The molecule has 0 radical (unpaired) electrons. The zero-order valence-electron chi connectivity index (χ0n) is 13.3. The first-order valence-corrected chi connectivity index (χ1v) is 7.67. The van der Waals surface area contributed by atoms with E-state index in [9.17, 15) is 4.79 Å². The van der Waals surface area contributed by atoms with Crippen molar-refractivity contribution in [3.63, 3.8) is 0 Å². The fourth-order valence-corrected chi connectivity index (χ4v) is 2.77. The van der Waals surface area contributed by atoms with Gasteiger partial charge in [0.25, 0.3) is 5.91 Å². The van der Waals surface area contributed by atoms with Gasteiger partial charge in [-0.1, -0.05) is 26.0 Å². The molecule has 0 spiro atoms. The Hall–Kier alpha value is -1.06. The number of benzene rings is 1. The van der Waals surface area contributed by atoms with Crippen LogP contribution in [0.15, 0.2) is 24.3 Å². The van der Waals surface area contributed by atoms with Crippen molar-refractivity contribution in [3.05, 3.63) is 35.4 Å². The number of nitrogens with one attached hydrogen (secondary N) is 1. The molecule has 0 saturated carbocycles. The average Bonchev–Trinajstić information content (AvgIpc) is 2.75. The lowest BCUT2D eigenvalue weighted by molar-refractivity contribution is 0.0720. The lowest BCUT2D eigenvalue weighted by Gasteiger charge is -2.27. The minimum Gasteiger partial charge on any atom is -0.339 e. The van der Waals surface area contributed by atoms with Gasteiger partial charge >= 0.3 is 0 Å². The number of amides is 1. The third kappa shape index (κ3) is 4.72. The molecular formula is C17H27ClN2O. The van der Waals surface area contributed by atoms with Crippen molar-refractivity contribution in [2.75, 3.05) is 20.1 Å². The molecular weight excluding hydrogens is 284 g/mol. The Labute approximate surface area is 134 Å². The molecule has 118 valence electrons. The summed E-state index contributed by atoms with van der Waals surface area (Å²) in [6.45, 7) is 6.42. The fourth-order valence-electron chi connectivity index (χ4n) is 2.77. The Morgan fingerprint density at radius 3 is 2.48 bits per heavy atom. The highest BCUT2D eigenvalue weighted by Gasteiger charge is 2.22. The Kier molecular flexibility index (Phi) is 7.20. The third-order valence-corrected chi connectivity index (χ3v) is 4.24. The number of carbonyl (C=O) groups excluding carboxylic acids is 1. The van der Waals surface area contributed by atoms with Crippen LogP contribution in [0.1, 0.15) is 54.9 Å². The lowest BCUT2D eigenvalue weighted by atomic mass is 10.0. The molecule has 1 aliphatic rings. The van der Waals surface area contributed by atoms with Crippen molar-refractivity contribution in [1.82, 2.24) is 10.2 Å². The van der Waals surface area contributed by atoms with Crippen molar-refractivity contribution in [3.8, 4) is 0 Å². The van der Waals surface area contributed by atoms with E-state index in [4.69, 9.17) is 0 Å². The summed E-state index contributed by atoms with van der Waals surface area (Å²) in [5.41, 5.74) is 2.08. The molecule has 21 heavy (non-hydrogen) atoms. The second-order valence-electron chi connectivity index (χ2n) is 6.03. The van der Waals surface area contributed by atoms with Crippen molar-refractivity contribution in [2.24, 2.45) is 0 Å². The summed E-state index contributed by atoms with van der Waals surface area (Å²) >= 11 is 0. The molecule has 1 aromatic rings. The van der Waals surface area contributed by atoms with Crippen molar-refractivity contribution in [2.45, 2.75) is 45.1 Å². The van der Waals surface area contributed by atoms with E-state index in [1.54, 1.807) is 0 Å². The van der Waals surface area contributed by atoms with Gasteiger partial charge in [-0.05, 0) is 56.0 Å². The summed E-state index contributed by atoms with van der Waals surface area (Å²) in [4.78, 5) is 14.5. The second kappa shape index (κ2) is 8.40. The maximum Gasteiger partial charge on any atom is 0.253 e. The van der Waals surface area contributed by atoms with Crippen molar-refractivity contribution in [1.29, 1.82) is 0 Å². The van der Waals surface area contributed by atoms with Crippen LogP contribution in [0.5, 0.6) is 0 Å². The lowest BCUT2D eigenvalue weighted by Crippen LogP contribution is -2.37. The highest BCUT2D eigenvalue weighted by molar-refractivity contribution is 5.94. The van der Waals surface area contributed by atoms with Crippen LogP contribution in [0.25, 0.3) is 0 Å². The van der Waals surface area contributed by atoms with E-state index in [2.05, 4.69) is 31.3 Å². The van der Waals surface area contributed by atoms with Gasteiger partial charge < -0.3 is 10.2 Å². The van der Waals surface area contributed by atoms with Gasteiger partial charge in [-0.15, -0.1) is 12.4 Å². The number of rotatable bonds is 3. The first kappa shape index (κ1) is 18.0. The van der Waals surface area contributed by atoms with Gasteiger partial charge in [-0.3, -0.25) is 4.79 Å². The van der Waals surface area contributed by atoms with Gasteiger partial charge in [-0.25, -0.2) is 0 Å². The predicted molar refractivity (Wildman–Crippen MR) is 90.4 cm³/mol. The molecule has 1 amide bonds. The van der Waals surface area contributed by atoms with Crippen molar-refractivity contribution < 1.29 is 4.79 Å². The van der Waals surface area contributed by atoms with E-state index in [1.807, 2.05) is 24.1 Å². The molecule has 1 aliphatic heterocycles. The molecule has 2 rings (SSSR count). The minimum absolute atomic E-state index is 0. The summed E-state index contributed by atoms with van der Waals surface area (Å²) in [7, 11) is 1.94. The number of carbonyl (C=O) groups is 1. The Balaban J connectivity index is 0.00000220. The van der Waals surface area contributed by atoms with Crippen LogP contribution < -0.4 is 5.32 Å². The van der Waals surface area contributed by atoms with Gasteiger partial charge in [0, 0.05) is 18.7 Å². The molecule has 0 aliphatic carbocycles. The summed E-state index contributed by atoms with van der Waals surface area (Å²) in [5, 5.41) is 3.39. The first-order chi connectivity index (χ1) is 9.59. The Morgan fingerprint density at radius 2 is 1.86 bits per heavy atom. The van der Waals surface area contributed by atoms with Crippen LogP contribution in [0, 0.1) is 0 Å². The van der Waals surface area contributed by atoms with E-state index >= 15 is 0 Å². The van der Waals surface area contributed by atoms with Crippen LogP contribution in [0.2, 0.25) is 0 Å². The summed E-state index contributed by atoms with van der Waals surface area (Å²) < 4.78 is 0. The standard InChI is InChI=1S/C17H26N2O.ClH/c1-13(2)14-6-8-15(9-7-14)17(20)19(3)16-5-4-11-18-12-10-16;/h6-9,13,16,18H,4-5,10-12H2,1-3H3;1H. The number of hydrogen-bond acceptors (Lipinski definition) is 2. The van der Waals surface area contributed by atoms with E-state index in [1.165, 1.54) is 5.56 Å². The van der Waals surface area contributed by atoms with Gasteiger partial charge in [0.2, 0.25) is 0 Å². The molecule has 1 unspecified atom stereocenters. The molecule has 1 aromatic carbocycles. The van der Waals surface area contributed by atoms with E-state index in [0.717, 1.165) is 37.9 Å². The Morgan fingerprint density at radius 1 is 1.19 bits per heavy atom. The maximum absolute atomic E-state index is 12.5. The smallest absolute Gasteiger partial charge is 0.253 e. The largest absolute Gasteiger partial charge is 0.339 e. The van der Waals surface area contributed by atoms with Crippen LogP contribution in [-0.4, -0.2) is 37.0 Å². The molecule has 0 aromatic heterocycles. The molecule has 1 saturated heterocycles. The quantitative estimate of drug-likeness (QED) is 0.927. The highest BCUT2D eigenvalue weighted by Crippen LogP contribution is 2.18. The van der Waals surface area contributed by atoms with E-state index in [-0.39, 0.29) is 18.3 Å². The summed E-state index contributed by atoms with van der Waals surface area (Å²) in [6, 6.07) is 8.43. The van der Waals surface area contributed by atoms with Crippen LogP contribution >= 0.6 is 12.4 Å². The molecule has 1 N–H and O–H groups in total. The van der Waals surface area contributed by atoms with Crippen LogP contribution in [-0.2, 0) is 0 Å². The second-order valence-corrected chi connectivity index (χ2v) is 6.03. The molecule has 1 fully saturated rings. The van der Waals surface area contributed by atoms with Crippen molar-refractivity contribution >= 4 is 18.3 Å². The summed E-state index contributed by atoms with van der Waals surface area (Å²) in [5.74, 6) is 0.650. The molecule has 0 bridgehead atoms. The minimum atomic E-state index is 0. The zero-order chi connectivity index (χ0) is 14.5. The first-order valence-electron chi connectivity index (χ1n) is 7.67. The third-order valence-electron chi connectivity index (χ3n) is 4.24. The molecule has 3 nitrogen and oxygen atoms in total. The van der Waals surface area contributed by atoms with E-state index in [0.29, 0.717) is 12.0 Å². The molecule has 1 atom stereocenters. The Bertz CT molecular complexity index is 437. The SMILES string of the molecule is CC(C)c1ccc(C(=O)N(C)C2CCCNCC2)cc1.Cl. The number of nitrogens with zero attached hydrogens (tertiary/aromatic N) is 1. The topological polar surface area (TPSA) is 32.3 Å². The number of halogens is 1. The number of hydrogen-bond donors (Lipinski definition) is 1. The van der Waals surface area contributed by atoms with Gasteiger partial charge in [0.1, 0.15) is 0 Å². The molecule has 4 heteroatoms. The monoisotopic (exact) mass is 310 g/mol. The fraction of sp³-hybridized carbons (Fsp3) is 0.588.